The number of anilines is 1. The number of hydrogen-bond donors (Lipinski definition) is 2. The van der Waals surface area contributed by atoms with Crippen LogP contribution in [0.1, 0.15) is 12.0 Å². The molecule has 0 saturated carbocycles. The first-order valence-corrected chi connectivity index (χ1v) is 8.85. The quantitative estimate of drug-likeness (QED) is 0.823. The highest BCUT2D eigenvalue weighted by molar-refractivity contribution is 8.01. The lowest BCUT2D eigenvalue weighted by Crippen LogP contribution is -2.41. The minimum absolute atomic E-state index is 0.0788. The lowest BCUT2D eigenvalue weighted by molar-refractivity contribution is -0.137. The molecule has 0 aliphatic carbocycles. The van der Waals surface area contributed by atoms with Crippen LogP contribution in [0.3, 0.4) is 0 Å². The highest BCUT2D eigenvalue weighted by Gasteiger charge is 2.34. The Bertz CT molecular complexity index is 693. The minimum atomic E-state index is -4.48. The summed E-state index contributed by atoms with van der Waals surface area (Å²) in [7, 11) is 0. The highest BCUT2D eigenvalue weighted by Crippen LogP contribution is 2.40. The van der Waals surface area contributed by atoms with Crippen LogP contribution < -0.4 is 10.6 Å². The third-order valence-corrected chi connectivity index (χ3v) is 5.18. The highest BCUT2D eigenvalue weighted by atomic mass is 32.2. The second-order valence-electron chi connectivity index (χ2n) is 5.88. The molecule has 1 aromatic carbocycles. The average molecular weight is 390 g/mol. The van der Waals surface area contributed by atoms with Crippen molar-refractivity contribution >= 4 is 29.3 Å². The minimum Gasteiger partial charge on any atom is -0.376 e. The summed E-state index contributed by atoms with van der Waals surface area (Å²) in [5.74, 6) is -0.823. The number of rotatable bonds is 4. The summed E-state index contributed by atoms with van der Waals surface area (Å²) < 4.78 is 48.9. The molecule has 142 valence electrons. The number of halogens is 3. The number of hydrogen-bond acceptors (Lipinski definition) is 5. The van der Waals surface area contributed by atoms with Gasteiger partial charge in [0.15, 0.2) is 0 Å². The zero-order valence-corrected chi connectivity index (χ0v) is 14.4. The van der Waals surface area contributed by atoms with Crippen molar-refractivity contribution in [3.63, 3.8) is 0 Å². The zero-order chi connectivity index (χ0) is 18.7. The third-order valence-electron chi connectivity index (χ3n) is 3.91. The van der Waals surface area contributed by atoms with Gasteiger partial charge in [-0.3, -0.25) is 9.59 Å². The number of ether oxygens (including phenoxy) is 2. The number of carbonyl (C=O) groups is 2. The van der Waals surface area contributed by atoms with Gasteiger partial charge >= 0.3 is 6.18 Å². The molecule has 1 saturated heterocycles. The second kappa shape index (κ2) is 7.85. The van der Waals surface area contributed by atoms with Gasteiger partial charge in [0.05, 0.1) is 42.4 Å². The average Bonchev–Trinajstić information content (AvgIpc) is 2.60. The largest absolute Gasteiger partial charge is 0.416 e. The Morgan fingerprint density at radius 1 is 1.35 bits per heavy atom. The maximum absolute atomic E-state index is 12.8. The zero-order valence-electron chi connectivity index (χ0n) is 13.6. The molecule has 6 nitrogen and oxygen atoms in total. The van der Waals surface area contributed by atoms with E-state index in [1.165, 1.54) is 6.07 Å². The fraction of sp³-hybridized carbons (Fsp3) is 0.500. The molecule has 0 bridgehead atoms. The smallest absolute Gasteiger partial charge is 0.376 e. The van der Waals surface area contributed by atoms with E-state index in [1.54, 1.807) is 0 Å². The summed E-state index contributed by atoms with van der Waals surface area (Å²) >= 11 is 1.08. The first kappa shape index (κ1) is 19.0. The molecule has 26 heavy (non-hydrogen) atoms. The maximum Gasteiger partial charge on any atom is 0.416 e. The molecule has 0 radical (unpaired) electrons. The van der Waals surface area contributed by atoms with Gasteiger partial charge in [-0.2, -0.15) is 13.2 Å². The summed E-state index contributed by atoms with van der Waals surface area (Å²) in [4.78, 5) is 24.7. The Morgan fingerprint density at radius 2 is 2.15 bits per heavy atom. The fourth-order valence-corrected chi connectivity index (χ4v) is 3.67. The molecule has 2 atom stereocenters. The molecule has 2 heterocycles. The van der Waals surface area contributed by atoms with Gasteiger partial charge in [0, 0.05) is 17.9 Å². The molecule has 1 aromatic rings. The second-order valence-corrected chi connectivity index (χ2v) is 7.12. The monoisotopic (exact) mass is 390 g/mol. The third kappa shape index (κ3) is 4.68. The molecule has 2 N–H and O–H groups in total. The number of amides is 2. The molecule has 0 aromatic heterocycles. The van der Waals surface area contributed by atoms with E-state index in [1.807, 2.05) is 0 Å². The first-order chi connectivity index (χ1) is 12.3. The summed E-state index contributed by atoms with van der Waals surface area (Å²) in [6, 6.07) is 3.16. The Hall–Kier alpha value is -1.78. The molecule has 2 amide bonds. The van der Waals surface area contributed by atoms with E-state index in [4.69, 9.17) is 9.47 Å². The number of fused-ring (bicyclic) bond motifs is 1. The van der Waals surface area contributed by atoms with Gasteiger partial charge in [0.25, 0.3) is 0 Å². The van der Waals surface area contributed by atoms with Crippen LogP contribution in [0.15, 0.2) is 23.1 Å². The van der Waals surface area contributed by atoms with E-state index in [0.717, 1.165) is 23.9 Å². The van der Waals surface area contributed by atoms with Crippen molar-refractivity contribution < 1.29 is 32.2 Å². The predicted molar refractivity (Wildman–Crippen MR) is 87.9 cm³/mol. The van der Waals surface area contributed by atoms with Crippen LogP contribution in [0.2, 0.25) is 0 Å². The summed E-state index contributed by atoms with van der Waals surface area (Å²) in [5, 5.41) is 4.43. The molecule has 3 rings (SSSR count). The van der Waals surface area contributed by atoms with Crippen LogP contribution in [0.5, 0.6) is 0 Å². The lowest BCUT2D eigenvalue weighted by Gasteiger charge is -2.25. The van der Waals surface area contributed by atoms with Crippen LogP contribution in [-0.4, -0.2) is 49.5 Å². The van der Waals surface area contributed by atoms with Crippen LogP contribution in [0.25, 0.3) is 0 Å². The summed E-state index contributed by atoms with van der Waals surface area (Å²) in [6.07, 6.45) is -4.78. The van der Waals surface area contributed by atoms with E-state index in [2.05, 4.69) is 10.6 Å². The van der Waals surface area contributed by atoms with Crippen LogP contribution >= 0.6 is 11.8 Å². The number of nitrogens with one attached hydrogen (secondary N) is 2. The van der Waals surface area contributed by atoms with Gasteiger partial charge in [-0.25, -0.2) is 0 Å². The number of carbonyl (C=O) groups excluding carboxylic acids is 2. The van der Waals surface area contributed by atoms with Gasteiger partial charge in [0.1, 0.15) is 0 Å². The first-order valence-electron chi connectivity index (χ1n) is 7.98. The summed E-state index contributed by atoms with van der Waals surface area (Å²) in [6.45, 7) is 1.67. The van der Waals surface area contributed by atoms with Crippen molar-refractivity contribution in [2.24, 2.45) is 0 Å². The van der Waals surface area contributed by atoms with Gasteiger partial charge in [-0.15, -0.1) is 11.8 Å². The van der Waals surface area contributed by atoms with E-state index in [9.17, 15) is 22.8 Å². The van der Waals surface area contributed by atoms with Gasteiger partial charge < -0.3 is 20.1 Å². The molecule has 1 fully saturated rings. The van der Waals surface area contributed by atoms with E-state index < -0.39 is 22.9 Å². The van der Waals surface area contributed by atoms with Crippen molar-refractivity contribution in [2.45, 2.75) is 28.8 Å². The van der Waals surface area contributed by atoms with Crippen LogP contribution in [0, 0.1) is 0 Å². The molecule has 2 aliphatic heterocycles. The van der Waals surface area contributed by atoms with Crippen molar-refractivity contribution in [3.8, 4) is 0 Å². The Labute approximate surface area is 151 Å². The molecular formula is C16H17F3N2O4S. The number of benzene rings is 1. The van der Waals surface area contributed by atoms with E-state index in [0.29, 0.717) is 24.7 Å². The molecule has 0 unspecified atom stereocenters. The normalized spacial score (nSPS) is 23.1. The summed E-state index contributed by atoms with van der Waals surface area (Å²) in [5.41, 5.74) is -0.720. The van der Waals surface area contributed by atoms with Crippen LogP contribution in [-0.2, 0) is 25.2 Å². The Balaban J connectivity index is 1.57. The van der Waals surface area contributed by atoms with Crippen molar-refractivity contribution in [3.05, 3.63) is 23.8 Å². The van der Waals surface area contributed by atoms with E-state index in [-0.39, 0.29) is 30.7 Å². The number of alkyl halides is 3. The lowest BCUT2D eigenvalue weighted by atomic mass is 10.1. The van der Waals surface area contributed by atoms with Gasteiger partial charge in [0.2, 0.25) is 11.8 Å². The Kier molecular flexibility index (Phi) is 5.73. The molecule has 0 spiro atoms. The van der Waals surface area contributed by atoms with Crippen molar-refractivity contribution in [1.29, 1.82) is 0 Å². The Morgan fingerprint density at radius 3 is 2.85 bits per heavy atom. The van der Waals surface area contributed by atoms with Gasteiger partial charge in [-0.05, 0) is 18.2 Å². The predicted octanol–water partition coefficient (Wildman–Crippen LogP) is 2.04. The van der Waals surface area contributed by atoms with E-state index >= 15 is 0 Å². The van der Waals surface area contributed by atoms with Crippen molar-refractivity contribution in [1.82, 2.24) is 5.32 Å². The standard InChI is InChI=1S/C16H17F3N2O4S/c17-16(18,19)9-1-2-12-11(5-9)21-15(23)13(26-12)6-14(22)20-7-10-8-24-3-4-25-10/h1-2,5,10,13H,3-4,6-8H2,(H,20,22)(H,21,23)/t10-,13+/m1/s1. The van der Waals surface area contributed by atoms with Gasteiger partial charge in [-0.1, -0.05) is 0 Å². The number of thioether (sulfide) groups is 1. The molecule has 10 heteroatoms. The fourth-order valence-electron chi connectivity index (χ4n) is 2.58. The van der Waals surface area contributed by atoms with Crippen molar-refractivity contribution in [2.75, 3.05) is 31.7 Å². The topological polar surface area (TPSA) is 76.7 Å². The molecular weight excluding hydrogens is 373 g/mol. The van der Waals surface area contributed by atoms with Crippen LogP contribution in [0.4, 0.5) is 18.9 Å². The SMILES string of the molecule is O=C(C[C@@H]1Sc2ccc(C(F)(F)F)cc2NC1=O)NC[C@@H]1COCCO1. The molecule has 2 aliphatic rings. The maximum atomic E-state index is 12.8.